The van der Waals surface area contributed by atoms with Gasteiger partial charge in [0.05, 0.1) is 18.9 Å². The normalized spacial score (nSPS) is 11.6. The van der Waals surface area contributed by atoms with Crippen molar-refractivity contribution in [3.8, 4) is 5.75 Å². The third-order valence-corrected chi connectivity index (χ3v) is 5.19. The third kappa shape index (κ3) is 4.16. The highest BCUT2D eigenvalue weighted by atomic mass is 35.5. The van der Waals surface area contributed by atoms with E-state index in [0.29, 0.717) is 26.1 Å². The minimum atomic E-state index is -0.525. The summed E-state index contributed by atoms with van der Waals surface area (Å²) in [5.74, 6) is -0.434. The number of ether oxygens (including phenoxy) is 2. The summed E-state index contributed by atoms with van der Waals surface area (Å²) in [4.78, 5) is 29.0. The zero-order valence-corrected chi connectivity index (χ0v) is 16.7. The molecular formula is C18H14Cl2N2O4S. The number of thiazole rings is 1. The van der Waals surface area contributed by atoms with Crippen LogP contribution in [0.1, 0.15) is 10.4 Å². The zero-order valence-electron chi connectivity index (χ0n) is 14.4. The first kappa shape index (κ1) is 19.4. The van der Waals surface area contributed by atoms with E-state index in [4.69, 9.17) is 32.7 Å². The monoisotopic (exact) mass is 424 g/mol. The number of carbonyl (C=O) groups is 2. The van der Waals surface area contributed by atoms with Gasteiger partial charge in [-0.25, -0.2) is 0 Å². The maximum Gasteiger partial charge on any atom is 0.325 e. The van der Waals surface area contributed by atoms with Gasteiger partial charge in [-0.05, 0) is 30.3 Å². The van der Waals surface area contributed by atoms with E-state index in [9.17, 15) is 9.59 Å². The lowest BCUT2D eigenvalue weighted by Gasteiger charge is -2.07. The van der Waals surface area contributed by atoms with Gasteiger partial charge in [-0.3, -0.25) is 9.59 Å². The first-order chi connectivity index (χ1) is 12.9. The summed E-state index contributed by atoms with van der Waals surface area (Å²) in [6.07, 6.45) is 0. The number of nitrogens with zero attached hydrogens (tertiary/aromatic N) is 2. The minimum absolute atomic E-state index is 0.112. The number of halogens is 2. The Kier molecular flexibility index (Phi) is 5.84. The summed E-state index contributed by atoms with van der Waals surface area (Å²) in [5.41, 5.74) is 0.910. The fraction of sp³-hybridized carbons (Fsp3) is 0.167. The molecule has 27 heavy (non-hydrogen) atoms. The van der Waals surface area contributed by atoms with Crippen LogP contribution in [0.5, 0.6) is 5.75 Å². The summed E-state index contributed by atoms with van der Waals surface area (Å²) in [7, 11) is 2.83. The maximum absolute atomic E-state index is 12.6. The number of hydrogen-bond donors (Lipinski definition) is 0. The van der Waals surface area contributed by atoms with Gasteiger partial charge in [-0.2, -0.15) is 4.99 Å². The van der Waals surface area contributed by atoms with E-state index >= 15 is 0 Å². The Bertz CT molecular complexity index is 1080. The predicted octanol–water partition coefficient (Wildman–Crippen LogP) is 3.93. The van der Waals surface area contributed by atoms with E-state index in [1.807, 2.05) is 12.1 Å². The number of aromatic nitrogens is 1. The molecule has 3 rings (SSSR count). The van der Waals surface area contributed by atoms with Crippen molar-refractivity contribution in [1.29, 1.82) is 0 Å². The van der Waals surface area contributed by atoms with Gasteiger partial charge in [0.25, 0.3) is 5.91 Å². The van der Waals surface area contributed by atoms with Crippen molar-refractivity contribution < 1.29 is 19.1 Å². The summed E-state index contributed by atoms with van der Waals surface area (Å²) >= 11 is 13.2. The fourth-order valence-electron chi connectivity index (χ4n) is 2.52. The number of benzene rings is 2. The van der Waals surface area contributed by atoms with Gasteiger partial charge in [0.15, 0.2) is 4.80 Å². The van der Waals surface area contributed by atoms with Gasteiger partial charge in [0.2, 0.25) is 0 Å². The van der Waals surface area contributed by atoms with Gasteiger partial charge in [-0.1, -0.05) is 40.6 Å². The molecule has 0 atom stereocenters. The molecule has 0 unspecified atom stereocenters. The molecule has 1 aromatic heterocycles. The number of rotatable bonds is 4. The van der Waals surface area contributed by atoms with Crippen LogP contribution in [0, 0.1) is 0 Å². The lowest BCUT2D eigenvalue weighted by Crippen LogP contribution is -2.22. The van der Waals surface area contributed by atoms with Gasteiger partial charge in [-0.15, -0.1) is 0 Å². The van der Waals surface area contributed by atoms with E-state index < -0.39 is 11.9 Å². The lowest BCUT2D eigenvalue weighted by atomic mass is 10.2. The molecule has 2 aromatic carbocycles. The molecule has 0 aliphatic heterocycles. The van der Waals surface area contributed by atoms with Crippen LogP contribution in [0.2, 0.25) is 10.0 Å². The molecule has 0 spiro atoms. The fourth-order valence-corrected chi connectivity index (χ4v) is 4.09. The summed E-state index contributed by atoms with van der Waals surface area (Å²) in [6, 6.07) is 9.95. The van der Waals surface area contributed by atoms with E-state index in [-0.39, 0.29) is 12.1 Å². The smallest absolute Gasteiger partial charge is 0.325 e. The first-order valence-electron chi connectivity index (χ1n) is 7.71. The standard InChI is InChI=1S/C18H14Cl2N2O4S/c1-25-13-4-3-5-14-16(13)22(9-15(23)26-2)18(27-14)21-17(24)10-6-11(19)8-12(20)7-10/h3-8H,9H2,1-2H3. The Morgan fingerprint density at radius 3 is 2.48 bits per heavy atom. The minimum Gasteiger partial charge on any atom is -0.495 e. The first-order valence-corrected chi connectivity index (χ1v) is 9.28. The average Bonchev–Trinajstić information content (AvgIpc) is 2.97. The van der Waals surface area contributed by atoms with Crippen LogP contribution in [0.25, 0.3) is 10.2 Å². The third-order valence-electron chi connectivity index (χ3n) is 3.71. The molecule has 140 valence electrons. The second-order valence-corrected chi connectivity index (χ2v) is 7.31. The highest BCUT2D eigenvalue weighted by Crippen LogP contribution is 2.27. The number of fused-ring (bicyclic) bond motifs is 1. The number of carbonyl (C=O) groups excluding carboxylic acids is 2. The Balaban J connectivity index is 2.20. The molecule has 0 aliphatic carbocycles. The molecule has 0 radical (unpaired) electrons. The van der Waals surface area contributed by atoms with Crippen molar-refractivity contribution in [2.24, 2.45) is 4.99 Å². The largest absolute Gasteiger partial charge is 0.495 e. The van der Waals surface area contributed by atoms with Crippen LogP contribution in [0.4, 0.5) is 0 Å². The van der Waals surface area contributed by atoms with Crippen LogP contribution in [-0.2, 0) is 16.1 Å². The summed E-state index contributed by atoms with van der Waals surface area (Å²) in [5, 5.41) is 0.669. The van der Waals surface area contributed by atoms with Crippen molar-refractivity contribution in [1.82, 2.24) is 4.57 Å². The van der Waals surface area contributed by atoms with Gasteiger partial charge in [0, 0.05) is 15.6 Å². The highest BCUT2D eigenvalue weighted by Gasteiger charge is 2.16. The van der Waals surface area contributed by atoms with Crippen LogP contribution in [0.15, 0.2) is 41.4 Å². The summed E-state index contributed by atoms with van der Waals surface area (Å²) in [6.45, 7) is -0.112. The number of para-hydroxylation sites is 1. The zero-order chi connectivity index (χ0) is 19.6. The number of methoxy groups -OCH3 is 2. The van der Waals surface area contributed by atoms with E-state index in [0.717, 1.165) is 4.70 Å². The second kappa shape index (κ2) is 8.12. The number of esters is 1. The van der Waals surface area contributed by atoms with Crippen molar-refractivity contribution >= 4 is 56.6 Å². The van der Waals surface area contributed by atoms with Crippen molar-refractivity contribution in [2.45, 2.75) is 6.54 Å². The predicted molar refractivity (Wildman–Crippen MR) is 105 cm³/mol. The molecule has 0 fully saturated rings. The molecule has 1 heterocycles. The topological polar surface area (TPSA) is 69.9 Å². The van der Waals surface area contributed by atoms with Crippen LogP contribution in [-0.4, -0.2) is 30.7 Å². The molecule has 0 bridgehead atoms. The second-order valence-electron chi connectivity index (χ2n) is 5.43. The Morgan fingerprint density at radius 2 is 1.85 bits per heavy atom. The Labute approximate surface area is 168 Å². The van der Waals surface area contributed by atoms with Gasteiger partial charge in [0.1, 0.15) is 17.8 Å². The van der Waals surface area contributed by atoms with Crippen molar-refractivity contribution in [3.63, 3.8) is 0 Å². The summed E-state index contributed by atoms with van der Waals surface area (Å²) < 4.78 is 12.6. The van der Waals surface area contributed by atoms with Gasteiger partial charge < -0.3 is 14.0 Å². The van der Waals surface area contributed by atoms with E-state index in [1.165, 1.54) is 43.8 Å². The number of amides is 1. The molecule has 0 N–H and O–H groups in total. The quantitative estimate of drug-likeness (QED) is 0.594. The molecule has 0 saturated carbocycles. The Morgan fingerprint density at radius 1 is 1.15 bits per heavy atom. The van der Waals surface area contributed by atoms with Crippen molar-refractivity contribution in [3.05, 3.63) is 56.8 Å². The molecular weight excluding hydrogens is 411 g/mol. The van der Waals surface area contributed by atoms with Crippen LogP contribution in [0.3, 0.4) is 0 Å². The SMILES string of the molecule is COC(=O)Cn1c(=NC(=O)c2cc(Cl)cc(Cl)c2)sc2cccc(OC)c21. The van der Waals surface area contributed by atoms with Crippen LogP contribution >= 0.6 is 34.5 Å². The molecule has 0 aliphatic rings. The Hall–Kier alpha value is -2.35. The van der Waals surface area contributed by atoms with Gasteiger partial charge >= 0.3 is 5.97 Å². The van der Waals surface area contributed by atoms with Crippen molar-refractivity contribution in [2.75, 3.05) is 14.2 Å². The molecule has 0 saturated heterocycles. The maximum atomic E-state index is 12.6. The molecule has 6 nitrogen and oxygen atoms in total. The molecule has 1 amide bonds. The molecule has 9 heteroatoms. The lowest BCUT2D eigenvalue weighted by molar-refractivity contribution is -0.141. The average molecular weight is 425 g/mol. The van der Waals surface area contributed by atoms with Crippen LogP contribution < -0.4 is 9.54 Å². The number of hydrogen-bond acceptors (Lipinski definition) is 5. The molecule has 3 aromatic rings. The highest BCUT2D eigenvalue weighted by molar-refractivity contribution is 7.16. The van der Waals surface area contributed by atoms with E-state index in [1.54, 1.807) is 10.6 Å². The van der Waals surface area contributed by atoms with E-state index in [2.05, 4.69) is 4.99 Å².